The first-order chi connectivity index (χ1) is 4.22. The SMILES string of the molecule is C[C@@H]1[C@H](C)CC=C[C@@H]1C. The first-order valence-corrected chi connectivity index (χ1v) is 3.88. The zero-order valence-electron chi connectivity index (χ0n) is 6.59. The molecule has 1 aliphatic carbocycles. The molecule has 0 saturated heterocycles. The van der Waals surface area contributed by atoms with E-state index in [1.165, 1.54) is 6.42 Å². The van der Waals surface area contributed by atoms with E-state index in [4.69, 9.17) is 0 Å². The predicted octanol–water partition coefficient (Wildman–Crippen LogP) is 2.85. The fourth-order valence-electron chi connectivity index (χ4n) is 1.42. The van der Waals surface area contributed by atoms with Crippen molar-refractivity contribution in [2.45, 2.75) is 27.2 Å². The van der Waals surface area contributed by atoms with E-state index in [0.717, 1.165) is 17.8 Å². The average Bonchev–Trinajstić information content (AvgIpc) is 1.83. The van der Waals surface area contributed by atoms with Gasteiger partial charge in [0.25, 0.3) is 0 Å². The highest BCUT2D eigenvalue weighted by molar-refractivity contribution is 4.96. The zero-order valence-corrected chi connectivity index (χ0v) is 6.59. The van der Waals surface area contributed by atoms with E-state index in [1.54, 1.807) is 0 Å². The Hall–Kier alpha value is -0.260. The van der Waals surface area contributed by atoms with Gasteiger partial charge in [-0.2, -0.15) is 0 Å². The molecule has 0 nitrogen and oxygen atoms in total. The van der Waals surface area contributed by atoms with Gasteiger partial charge in [-0.15, -0.1) is 0 Å². The lowest BCUT2D eigenvalue weighted by molar-refractivity contribution is 0.305. The third-order valence-electron chi connectivity index (χ3n) is 2.67. The first kappa shape index (κ1) is 6.85. The number of allylic oxidation sites excluding steroid dienone is 2. The smallest absolute Gasteiger partial charge is 0.0234 e. The van der Waals surface area contributed by atoms with Crippen molar-refractivity contribution >= 4 is 0 Å². The molecule has 0 N–H and O–H groups in total. The van der Waals surface area contributed by atoms with Gasteiger partial charge >= 0.3 is 0 Å². The van der Waals surface area contributed by atoms with E-state index in [-0.39, 0.29) is 0 Å². The van der Waals surface area contributed by atoms with Crippen LogP contribution in [-0.4, -0.2) is 0 Å². The molecular weight excluding hydrogens is 108 g/mol. The molecule has 52 valence electrons. The van der Waals surface area contributed by atoms with Crippen molar-refractivity contribution in [3.8, 4) is 0 Å². The predicted molar refractivity (Wildman–Crippen MR) is 41.2 cm³/mol. The molecule has 0 spiro atoms. The summed E-state index contributed by atoms with van der Waals surface area (Å²) < 4.78 is 0. The van der Waals surface area contributed by atoms with Gasteiger partial charge in [-0.05, 0) is 24.2 Å². The summed E-state index contributed by atoms with van der Waals surface area (Å²) in [5.41, 5.74) is 0. The van der Waals surface area contributed by atoms with Gasteiger partial charge in [0.05, 0.1) is 0 Å². The maximum absolute atomic E-state index is 2.35. The van der Waals surface area contributed by atoms with Crippen LogP contribution in [-0.2, 0) is 0 Å². The highest BCUT2D eigenvalue weighted by atomic mass is 14.2. The minimum Gasteiger partial charge on any atom is -0.0880 e. The quantitative estimate of drug-likeness (QED) is 0.435. The van der Waals surface area contributed by atoms with Gasteiger partial charge in [0.1, 0.15) is 0 Å². The Kier molecular flexibility index (Phi) is 1.94. The lowest BCUT2D eigenvalue weighted by Crippen LogP contribution is -2.17. The Bertz CT molecular complexity index is 113. The molecule has 0 heterocycles. The van der Waals surface area contributed by atoms with Crippen molar-refractivity contribution in [1.29, 1.82) is 0 Å². The second-order valence-electron chi connectivity index (χ2n) is 3.36. The zero-order chi connectivity index (χ0) is 6.85. The van der Waals surface area contributed by atoms with Crippen molar-refractivity contribution < 1.29 is 0 Å². The standard InChI is InChI=1S/C9H16/c1-7-5-4-6-8(2)9(7)3/h4-5,7-9H,6H2,1-3H3/t7-,8+,9-/m0/s1. The van der Waals surface area contributed by atoms with Crippen LogP contribution < -0.4 is 0 Å². The maximum atomic E-state index is 2.35. The maximum Gasteiger partial charge on any atom is -0.0234 e. The van der Waals surface area contributed by atoms with Gasteiger partial charge < -0.3 is 0 Å². The molecule has 9 heavy (non-hydrogen) atoms. The van der Waals surface area contributed by atoms with E-state index < -0.39 is 0 Å². The summed E-state index contributed by atoms with van der Waals surface area (Å²) in [7, 11) is 0. The van der Waals surface area contributed by atoms with Crippen molar-refractivity contribution in [3.05, 3.63) is 12.2 Å². The summed E-state index contributed by atoms with van der Waals surface area (Å²) in [6.45, 7) is 6.99. The van der Waals surface area contributed by atoms with Crippen LogP contribution >= 0.6 is 0 Å². The molecule has 0 aromatic heterocycles. The van der Waals surface area contributed by atoms with Crippen molar-refractivity contribution in [1.82, 2.24) is 0 Å². The molecule has 1 aliphatic rings. The average molecular weight is 124 g/mol. The lowest BCUT2D eigenvalue weighted by atomic mass is 9.79. The van der Waals surface area contributed by atoms with Gasteiger partial charge in [-0.25, -0.2) is 0 Å². The molecule has 0 unspecified atom stereocenters. The minimum atomic E-state index is 0.800. The molecule has 0 saturated carbocycles. The van der Waals surface area contributed by atoms with Gasteiger partial charge in [0.15, 0.2) is 0 Å². The van der Waals surface area contributed by atoms with Crippen molar-refractivity contribution in [3.63, 3.8) is 0 Å². The van der Waals surface area contributed by atoms with Crippen LogP contribution in [0.4, 0.5) is 0 Å². The Labute approximate surface area is 58.0 Å². The van der Waals surface area contributed by atoms with Crippen LogP contribution in [0, 0.1) is 17.8 Å². The molecule has 0 heteroatoms. The molecule has 1 rings (SSSR count). The Balaban J connectivity index is 2.58. The van der Waals surface area contributed by atoms with E-state index in [2.05, 4.69) is 32.9 Å². The number of hydrogen-bond acceptors (Lipinski definition) is 0. The Morgan fingerprint density at radius 1 is 1.22 bits per heavy atom. The van der Waals surface area contributed by atoms with Gasteiger partial charge in [0.2, 0.25) is 0 Å². The third-order valence-corrected chi connectivity index (χ3v) is 2.67. The van der Waals surface area contributed by atoms with Crippen molar-refractivity contribution in [2.24, 2.45) is 17.8 Å². The molecule has 3 atom stereocenters. The van der Waals surface area contributed by atoms with Crippen LogP contribution in [0.3, 0.4) is 0 Å². The highest BCUT2D eigenvalue weighted by Gasteiger charge is 2.18. The first-order valence-electron chi connectivity index (χ1n) is 3.88. The largest absolute Gasteiger partial charge is 0.0880 e. The molecular formula is C9H16. The van der Waals surface area contributed by atoms with Crippen LogP contribution in [0.5, 0.6) is 0 Å². The van der Waals surface area contributed by atoms with Gasteiger partial charge in [-0.1, -0.05) is 32.9 Å². The molecule has 0 aromatic carbocycles. The summed E-state index contributed by atoms with van der Waals surface area (Å²) in [5.74, 6) is 2.58. The Morgan fingerprint density at radius 3 is 2.33 bits per heavy atom. The highest BCUT2D eigenvalue weighted by Crippen LogP contribution is 2.28. The van der Waals surface area contributed by atoms with Crippen molar-refractivity contribution in [2.75, 3.05) is 0 Å². The number of rotatable bonds is 0. The van der Waals surface area contributed by atoms with E-state index >= 15 is 0 Å². The van der Waals surface area contributed by atoms with Crippen LogP contribution in [0.2, 0.25) is 0 Å². The molecule has 0 amide bonds. The van der Waals surface area contributed by atoms with Gasteiger partial charge in [-0.3, -0.25) is 0 Å². The third kappa shape index (κ3) is 1.35. The number of hydrogen-bond donors (Lipinski definition) is 0. The van der Waals surface area contributed by atoms with E-state index in [9.17, 15) is 0 Å². The van der Waals surface area contributed by atoms with Crippen LogP contribution in [0.25, 0.3) is 0 Å². The molecule has 0 bridgehead atoms. The molecule has 0 aliphatic heterocycles. The summed E-state index contributed by atoms with van der Waals surface area (Å²) in [4.78, 5) is 0. The summed E-state index contributed by atoms with van der Waals surface area (Å²) in [5, 5.41) is 0. The van der Waals surface area contributed by atoms with Crippen LogP contribution in [0.1, 0.15) is 27.2 Å². The topological polar surface area (TPSA) is 0 Å². The molecule has 0 fully saturated rings. The molecule has 0 radical (unpaired) electrons. The second kappa shape index (κ2) is 2.55. The monoisotopic (exact) mass is 124 g/mol. The summed E-state index contributed by atoms with van der Waals surface area (Å²) >= 11 is 0. The molecule has 0 aromatic rings. The lowest BCUT2D eigenvalue weighted by Gasteiger charge is -2.26. The summed E-state index contributed by atoms with van der Waals surface area (Å²) in [6, 6.07) is 0. The Morgan fingerprint density at radius 2 is 1.89 bits per heavy atom. The van der Waals surface area contributed by atoms with Crippen LogP contribution in [0.15, 0.2) is 12.2 Å². The fourth-order valence-corrected chi connectivity index (χ4v) is 1.42. The van der Waals surface area contributed by atoms with E-state index in [0.29, 0.717) is 0 Å². The second-order valence-corrected chi connectivity index (χ2v) is 3.36. The normalized spacial score (nSPS) is 43.2. The van der Waals surface area contributed by atoms with Gasteiger partial charge in [0, 0.05) is 0 Å². The van der Waals surface area contributed by atoms with E-state index in [1.807, 2.05) is 0 Å². The minimum absolute atomic E-state index is 0.800. The summed E-state index contributed by atoms with van der Waals surface area (Å²) in [6.07, 6.45) is 5.94. The fraction of sp³-hybridized carbons (Fsp3) is 0.778.